The maximum atomic E-state index is 12.1. The van der Waals surface area contributed by atoms with Crippen LogP contribution in [0.15, 0.2) is 30.3 Å². The van der Waals surface area contributed by atoms with Gasteiger partial charge in [-0.25, -0.2) is 4.79 Å². The third-order valence-corrected chi connectivity index (χ3v) is 4.54. The monoisotopic (exact) mass is 317 g/mol. The molecule has 1 aromatic heterocycles. The largest absolute Gasteiger partial charge is 0.462 e. The quantitative estimate of drug-likeness (QED) is 0.650. The fourth-order valence-electron chi connectivity index (χ4n) is 2.09. The summed E-state index contributed by atoms with van der Waals surface area (Å²) in [4.78, 5) is 25.3. The van der Waals surface area contributed by atoms with Crippen LogP contribution < -0.4 is 5.32 Å². The molecule has 0 unspecified atom stereocenters. The smallest absolute Gasteiger partial charge is 0.341 e. The number of esters is 1. The second kappa shape index (κ2) is 7.22. The molecule has 0 saturated carbocycles. The van der Waals surface area contributed by atoms with Gasteiger partial charge in [0, 0.05) is 10.4 Å². The Bertz CT molecular complexity index is 677. The standard InChI is InChI=1S/C17H19NO3S/c1-4-21-17(20)15-11(2)12(3)22-16(15)18-10-14(19)13-8-6-5-7-9-13/h5-9,18H,4,10H2,1-3H3. The number of Topliss-reactive ketones (excluding diaryl/α,β-unsaturated/α-hetero) is 1. The number of anilines is 1. The van der Waals surface area contributed by atoms with E-state index < -0.39 is 0 Å². The molecular weight excluding hydrogens is 298 g/mol. The van der Waals surface area contributed by atoms with Crippen molar-refractivity contribution in [3.05, 3.63) is 51.9 Å². The number of ether oxygens (including phenoxy) is 1. The summed E-state index contributed by atoms with van der Waals surface area (Å²) < 4.78 is 5.10. The molecule has 2 rings (SSSR count). The van der Waals surface area contributed by atoms with Gasteiger partial charge in [-0.15, -0.1) is 11.3 Å². The number of aryl methyl sites for hydroxylation is 1. The molecule has 116 valence electrons. The van der Waals surface area contributed by atoms with Crippen LogP contribution in [-0.4, -0.2) is 24.9 Å². The predicted molar refractivity (Wildman–Crippen MR) is 89.0 cm³/mol. The topological polar surface area (TPSA) is 55.4 Å². The van der Waals surface area contributed by atoms with Crippen molar-refractivity contribution >= 4 is 28.1 Å². The van der Waals surface area contributed by atoms with Gasteiger partial charge in [0.1, 0.15) is 5.00 Å². The second-order valence-corrected chi connectivity index (χ2v) is 6.08. The number of carbonyl (C=O) groups excluding carboxylic acids is 2. The number of carbonyl (C=O) groups is 2. The van der Waals surface area contributed by atoms with Crippen molar-refractivity contribution in [1.29, 1.82) is 0 Å². The molecule has 0 amide bonds. The number of nitrogens with one attached hydrogen (secondary N) is 1. The molecule has 0 spiro atoms. The fraction of sp³-hybridized carbons (Fsp3) is 0.294. The Kier molecular flexibility index (Phi) is 5.33. The number of benzene rings is 1. The Balaban J connectivity index is 2.15. The summed E-state index contributed by atoms with van der Waals surface area (Å²) in [5, 5.41) is 3.77. The summed E-state index contributed by atoms with van der Waals surface area (Å²) in [7, 11) is 0. The van der Waals surface area contributed by atoms with Gasteiger partial charge in [-0.2, -0.15) is 0 Å². The number of thiophene rings is 1. The summed E-state index contributed by atoms with van der Waals surface area (Å²) in [5.74, 6) is -0.363. The molecule has 0 atom stereocenters. The highest BCUT2D eigenvalue weighted by Crippen LogP contribution is 2.32. The van der Waals surface area contributed by atoms with Crippen LogP contribution in [0.5, 0.6) is 0 Å². The Labute approximate surface area is 134 Å². The van der Waals surface area contributed by atoms with Gasteiger partial charge in [0.25, 0.3) is 0 Å². The average Bonchev–Trinajstić information content (AvgIpc) is 2.81. The van der Waals surface area contributed by atoms with Crippen LogP contribution >= 0.6 is 11.3 Å². The normalized spacial score (nSPS) is 10.3. The van der Waals surface area contributed by atoms with Crippen LogP contribution in [0.4, 0.5) is 5.00 Å². The maximum absolute atomic E-state index is 12.1. The van der Waals surface area contributed by atoms with Crippen molar-refractivity contribution in [2.75, 3.05) is 18.5 Å². The van der Waals surface area contributed by atoms with Gasteiger partial charge in [-0.1, -0.05) is 30.3 Å². The highest BCUT2D eigenvalue weighted by molar-refractivity contribution is 7.16. The summed E-state index contributed by atoms with van der Waals surface area (Å²) in [6.45, 7) is 6.10. The summed E-state index contributed by atoms with van der Waals surface area (Å²) in [5.41, 5.74) is 2.08. The van der Waals surface area contributed by atoms with E-state index in [1.165, 1.54) is 11.3 Å². The zero-order valence-corrected chi connectivity index (χ0v) is 13.8. The van der Waals surface area contributed by atoms with E-state index in [1.54, 1.807) is 19.1 Å². The van der Waals surface area contributed by atoms with Crippen LogP contribution in [0, 0.1) is 13.8 Å². The first kappa shape index (κ1) is 16.2. The lowest BCUT2D eigenvalue weighted by molar-refractivity contribution is 0.0527. The number of hydrogen-bond donors (Lipinski definition) is 1. The first-order valence-electron chi connectivity index (χ1n) is 7.13. The van der Waals surface area contributed by atoms with Gasteiger partial charge in [0.2, 0.25) is 0 Å². The van der Waals surface area contributed by atoms with Gasteiger partial charge in [-0.05, 0) is 26.3 Å². The molecule has 1 aromatic carbocycles. The van der Waals surface area contributed by atoms with E-state index in [2.05, 4.69) is 5.32 Å². The molecule has 0 aliphatic heterocycles. The van der Waals surface area contributed by atoms with Gasteiger partial charge in [0.05, 0.1) is 18.7 Å². The third-order valence-electron chi connectivity index (χ3n) is 3.37. The molecule has 5 heteroatoms. The molecule has 0 aliphatic rings. The number of ketones is 1. The Morgan fingerprint density at radius 2 is 1.86 bits per heavy atom. The van der Waals surface area contributed by atoms with Crippen LogP contribution in [-0.2, 0) is 4.74 Å². The lowest BCUT2D eigenvalue weighted by Gasteiger charge is -2.07. The molecule has 0 saturated heterocycles. The first-order valence-corrected chi connectivity index (χ1v) is 7.95. The minimum Gasteiger partial charge on any atom is -0.462 e. The maximum Gasteiger partial charge on any atom is 0.341 e. The molecule has 0 bridgehead atoms. The van der Waals surface area contributed by atoms with Gasteiger partial charge in [-0.3, -0.25) is 4.79 Å². The zero-order valence-electron chi connectivity index (χ0n) is 12.9. The second-order valence-electron chi connectivity index (χ2n) is 4.85. The van der Waals surface area contributed by atoms with Crippen molar-refractivity contribution < 1.29 is 14.3 Å². The van der Waals surface area contributed by atoms with Crippen LogP contribution in [0.25, 0.3) is 0 Å². The van der Waals surface area contributed by atoms with Crippen LogP contribution in [0.3, 0.4) is 0 Å². The highest BCUT2D eigenvalue weighted by Gasteiger charge is 2.21. The van der Waals surface area contributed by atoms with Gasteiger partial charge < -0.3 is 10.1 Å². The predicted octanol–water partition coefficient (Wildman–Crippen LogP) is 3.84. The van der Waals surface area contributed by atoms with E-state index in [4.69, 9.17) is 4.74 Å². The van der Waals surface area contributed by atoms with E-state index in [1.807, 2.05) is 32.0 Å². The van der Waals surface area contributed by atoms with E-state index in [9.17, 15) is 9.59 Å². The third kappa shape index (κ3) is 3.54. The van der Waals surface area contributed by atoms with Crippen LogP contribution in [0.1, 0.15) is 38.1 Å². The fourth-order valence-corrected chi connectivity index (χ4v) is 3.13. The highest BCUT2D eigenvalue weighted by atomic mass is 32.1. The lowest BCUT2D eigenvalue weighted by atomic mass is 10.1. The molecule has 0 radical (unpaired) electrons. The number of rotatable bonds is 6. The summed E-state index contributed by atoms with van der Waals surface area (Å²) in [6.07, 6.45) is 0. The van der Waals surface area contributed by atoms with Gasteiger partial charge in [0.15, 0.2) is 5.78 Å². The zero-order chi connectivity index (χ0) is 16.1. The van der Waals surface area contributed by atoms with E-state index in [0.29, 0.717) is 22.7 Å². The Morgan fingerprint density at radius 1 is 1.18 bits per heavy atom. The molecular formula is C17H19NO3S. The molecule has 2 aromatic rings. The minimum absolute atomic E-state index is 0.0147. The first-order chi connectivity index (χ1) is 10.5. The van der Waals surface area contributed by atoms with Crippen molar-refractivity contribution in [1.82, 2.24) is 0 Å². The minimum atomic E-state index is -0.348. The molecule has 1 heterocycles. The summed E-state index contributed by atoms with van der Waals surface area (Å²) >= 11 is 1.47. The van der Waals surface area contributed by atoms with Crippen molar-refractivity contribution in [3.63, 3.8) is 0 Å². The molecule has 1 N–H and O–H groups in total. The molecule has 0 aliphatic carbocycles. The molecule has 0 fully saturated rings. The number of hydrogen-bond acceptors (Lipinski definition) is 5. The summed E-state index contributed by atoms with van der Waals surface area (Å²) in [6, 6.07) is 9.09. The van der Waals surface area contributed by atoms with Crippen LogP contribution in [0.2, 0.25) is 0 Å². The van der Waals surface area contributed by atoms with Gasteiger partial charge >= 0.3 is 5.97 Å². The van der Waals surface area contributed by atoms with Crippen molar-refractivity contribution in [3.8, 4) is 0 Å². The van der Waals surface area contributed by atoms with E-state index in [-0.39, 0.29) is 18.3 Å². The average molecular weight is 317 g/mol. The van der Waals surface area contributed by atoms with E-state index in [0.717, 1.165) is 10.4 Å². The van der Waals surface area contributed by atoms with Crippen molar-refractivity contribution in [2.45, 2.75) is 20.8 Å². The van der Waals surface area contributed by atoms with E-state index >= 15 is 0 Å². The van der Waals surface area contributed by atoms with Crippen molar-refractivity contribution in [2.24, 2.45) is 0 Å². The lowest BCUT2D eigenvalue weighted by Crippen LogP contribution is -2.15. The SMILES string of the molecule is CCOC(=O)c1c(NCC(=O)c2ccccc2)sc(C)c1C. The molecule has 22 heavy (non-hydrogen) atoms. The Morgan fingerprint density at radius 3 is 2.50 bits per heavy atom. The molecule has 4 nitrogen and oxygen atoms in total. The Hall–Kier alpha value is -2.14.